The first-order chi connectivity index (χ1) is 14.3. The van der Waals surface area contributed by atoms with E-state index < -0.39 is 15.8 Å². The number of anilines is 1. The number of nitrogens with one attached hydrogen (secondary N) is 2. The molecule has 0 aromatic heterocycles. The third-order valence-corrected chi connectivity index (χ3v) is 6.17. The summed E-state index contributed by atoms with van der Waals surface area (Å²) in [5.74, 6) is -1.06. The van der Waals surface area contributed by atoms with Gasteiger partial charge >= 0.3 is 0 Å². The average molecular weight is 427 g/mol. The Morgan fingerprint density at radius 3 is 2.40 bits per heavy atom. The van der Waals surface area contributed by atoms with E-state index in [1.165, 1.54) is 36.4 Å². The summed E-state index contributed by atoms with van der Waals surface area (Å²) >= 11 is 0. The zero-order chi connectivity index (χ0) is 21.7. The van der Waals surface area contributed by atoms with Crippen LogP contribution in [0.15, 0.2) is 77.7 Å². The van der Waals surface area contributed by atoms with Crippen LogP contribution in [0.5, 0.6) is 0 Å². The first-order valence-electron chi connectivity index (χ1n) is 9.55. The Hall–Kier alpha value is -3.19. The van der Waals surface area contributed by atoms with Crippen molar-refractivity contribution in [3.63, 3.8) is 0 Å². The van der Waals surface area contributed by atoms with Crippen LogP contribution in [-0.4, -0.2) is 14.3 Å². The molecule has 0 aliphatic rings. The minimum atomic E-state index is -4.05. The maximum absolute atomic E-state index is 13.8. The van der Waals surface area contributed by atoms with Gasteiger partial charge in [0, 0.05) is 5.56 Å². The molecule has 156 valence electrons. The lowest BCUT2D eigenvalue weighted by Crippen LogP contribution is -2.28. The van der Waals surface area contributed by atoms with Crippen molar-refractivity contribution in [3.8, 4) is 0 Å². The SMILES string of the molecule is CCC(NC(=O)c1cccc(S(=O)(=O)Nc2ccccc2F)c1)c1ccccc1C. The first-order valence-corrected chi connectivity index (χ1v) is 11.0. The molecule has 3 rings (SSSR count). The molecule has 5 nitrogen and oxygen atoms in total. The molecule has 0 heterocycles. The Labute approximate surface area is 176 Å². The average Bonchev–Trinajstić information content (AvgIpc) is 2.74. The van der Waals surface area contributed by atoms with Crippen molar-refractivity contribution in [2.24, 2.45) is 0 Å². The molecule has 0 aliphatic carbocycles. The number of aryl methyl sites for hydroxylation is 1. The number of carbonyl (C=O) groups is 1. The number of rotatable bonds is 7. The third kappa shape index (κ3) is 4.86. The van der Waals surface area contributed by atoms with E-state index in [9.17, 15) is 17.6 Å². The molecule has 0 fully saturated rings. The molecular weight excluding hydrogens is 403 g/mol. The van der Waals surface area contributed by atoms with Crippen molar-refractivity contribution in [2.45, 2.75) is 31.2 Å². The minimum Gasteiger partial charge on any atom is -0.345 e. The second-order valence-electron chi connectivity index (χ2n) is 6.90. The van der Waals surface area contributed by atoms with Crippen molar-refractivity contribution in [1.82, 2.24) is 5.32 Å². The zero-order valence-corrected chi connectivity index (χ0v) is 17.5. The summed E-state index contributed by atoms with van der Waals surface area (Å²) in [5, 5.41) is 2.96. The highest BCUT2D eigenvalue weighted by molar-refractivity contribution is 7.92. The van der Waals surface area contributed by atoms with E-state index in [2.05, 4.69) is 10.0 Å². The van der Waals surface area contributed by atoms with Crippen molar-refractivity contribution >= 4 is 21.6 Å². The van der Waals surface area contributed by atoms with E-state index in [-0.39, 0.29) is 28.1 Å². The number of benzene rings is 3. The van der Waals surface area contributed by atoms with Crippen LogP contribution in [0, 0.1) is 12.7 Å². The Balaban J connectivity index is 1.83. The Morgan fingerprint density at radius 2 is 1.70 bits per heavy atom. The molecular formula is C23H23FN2O3S. The number of hydrogen-bond donors (Lipinski definition) is 2. The van der Waals surface area contributed by atoms with E-state index >= 15 is 0 Å². The summed E-state index contributed by atoms with van der Waals surface area (Å²) < 4.78 is 41.4. The lowest BCUT2D eigenvalue weighted by Gasteiger charge is -2.19. The van der Waals surface area contributed by atoms with Gasteiger partial charge in [-0.05, 0) is 54.8 Å². The van der Waals surface area contributed by atoms with Crippen LogP contribution in [0.25, 0.3) is 0 Å². The van der Waals surface area contributed by atoms with Gasteiger partial charge in [0.1, 0.15) is 5.82 Å². The van der Waals surface area contributed by atoms with Gasteiger partial charge in [-0.25, -0.2) is 12.8 Å². The summed E-state index contributed by atoms with van der Waals surface area (Å²) in [6.45, 7) is 3.95. The molecule has 2 N–H and O–H groups in total. The number of para-hydroxylation sites is 1. The standard InChI is InChI=1S/C23H23FN2O3S/c1-3-21(19-12-5-4-9-16(19)2)25-23(27)17-10-8-11-18(15-17)30(28,29)26-22-14-7-6-13-20(22)24/h4-15,21,26H,3H2,1-2H3,(H,25,27). The second kappa shape index (κ2) is 9.09. The quantitative estimate of drug-likeness (QED) is 0.569. The van der Waals surface area contributed by atoms with Gasteiger partial charge in [0.2, 0.25) is 0 Å². The van der Waals surface area contributed by atoms with Crippen molar-refractivity contribution < 1.29 is 17.6 Å². The number of sulfonamides is 1. The highest BCUT2D eigenvalue weighted by atomic mass is 32.2. The summed E-state index contributed by atoms with van der Waals surface area (Å²) in [6, 6.07) is 18.8. The molecule has 0 bridgehead atoms. The number of hydrogen-bond acceptors (Lipinski definition) is 3. The summed E-state index contributed by atoms with van der Waals surface area (Å²) in [6.07, 6.45) is 0.684. The molecule has 1 atom stereocenters. The normalized spacial score (nSPS) is 12.2. The highest BCUT2D eigenvalue weighted by Crippen LogP contribution is 2.22. The zero-order valence-electron chi connectivity index (χ0n) is 16.7. The Morgan fingerprint density at radius 1 is 1.00 bits per heavy atom. The smallest absolute Gasteiger partial charge is 0.262 e. The van der Waals surface area contributed by atoms with Crippen molar-refractivity contribution in [3.05, 3.63) is 95.3 Å². The topological polar surface area (TPSA) is 75.3 Å². The molecule has 0 radical (unpaired) electrons. The molecule has 1 unspecified atom stereocenters. The Kier molecular flexibility index (Phi) is 6.52. The van der Waals surface area contributed by atoms with Crippen molar-refractivity contribution in [1.29, 1.82) is 0 Å². The molecule has 0 saturated heterocycles. The minimum absolute atomic E-state index is 0.123. The molecule has 0 aliphatic heterocycles. The number of amides is 1. The number of carbonyl (C=O) groups excluding carboxylic acids is 1. The third-order valence-electron chi connectivity index (χ3n) is 4.80. The van der Waals surface area contributed by atoms with Crippen LogP contribution in [0.3, 0.4) is 0 Å². The monoisotopic (exact) mass is 426 g/mol. The van der Waals surface area contributed by atoms with Gasteiger partial charge in [-0.3, -0.25) is 9.52 Å². The highest BCUT2D eigenvalue weighted by Gasteiger charge is 2.20. The van der Waals surface area contributed by atoms with E-state index in [1.54, 1.807) is 6.07 Å². The van der Waals surface area contributed by atoms with Gasteiger partial charge in [-0.1, -0.05) is 49.4 Å². The molecule has 0 saturated carbocycles. The van der Waals surface area contributed by atoms with Crippen LogP contribution in [-0.2, 0) is 10.0 Å². The van der Waals surface area contributed by atoms with E-state index in [0.717, 1.165) is 17.2 Å². The van der Waals surface area contributed by atoms with Crippen LogP contribution in [0.1, 0.15) is 40.9 Å². The van der Waals surface area contributed by atoms with Crippen LogP contribution >= 0.6 is 0 Å². The molecule has 3 aromatic carbocycles. The summed E-state index contributed by atoms with van der Waals surface area (Å²) in [7, 11) is -4.05. The first kappa shape index (κ1) is 21.5. The number of halogens is 1. The maximum atomic E-state index is 13.8. The van der Waals surface area contributed by atoms with Crippen LogP contribution in [0.2, 0.25) is 0 Å². The molecule has 0 spiro atoms. The van der Waals surface area contributed by atoms with Gasteiger partial charge in [-0.15, -0.1) is 0 Å². The Bertz CT molecular complexity index is 1160. The lowest BCUT2D eigenvalue weighted by molar-refractivity contribution is 0.0935. The predicted octanol–water partition coefficient (Wildman–Crippen LogP) is 4.82. The second-order valence-corrected chi connectivity index (χ2v) is 8.59. The van der Waals surface area contributed by atoms with Crippen molar-refractivity contribution in [2.75, 3.05) is 4.72 Å². The molecule has 7 heteroatoms. The van der Waals surface area contributed by atoms with Crippen LogP contribution < -0.4 is 10.0 Å². The fraction of sp³-hybridized carbons (Fsp3) is 0.174. The summed E-state index contributed by atoms with van der Waals surface area (Å²) in [4.78, 5) is 12.7. The van der Waals surface area contributed by atoms with E-state index in [4.69, 9.17) is 0 Å². The lowest BCUT2D eigenvalue weighted by atomic mass is 9.99. The van der Waals surface area contributed by atoms with Gasteiger partial charge in [0.15, 0.2) is 0 Å². The van der Waals surface area contributed by atoms with E-state index in [1.807, 2.05) is 38.1 Å². The van der Waals surface area contributed by atoms with E-state index in [0.29, 0.717) is 6.42 Å². The predicted molar refractivity (Wildman–Crippen MR) is 115 cm³/mol. The summed E-state index contributed by atoms with van der Waals surface area (Å²) in [5.41, 5.74) is 2.13. The molecule has 3 aromatic rings. The molecule has 1 amide bonds. The fourth-order valence-corrected chi connectivity index (χ4v) is 4.28. The fourth-order valence-electron chi connectivity index (χ4n) is 3.17. The molecule has 30 heavy (non-hydrogen) atoms. The van der Waals surface area contributed by atoms with Gasteiger partial charge < -0.3 is 5.32 Å². The van der Waals surface area contributed by atoms with Crippen LogP contribution in [0.4, 0.5) is 10.1 Å². The van der Waals surface area contributed by atoms with Gasteiger partial charge in [0.25, 0.3) is 15.9 Å². The largest absolute Gasteiger partial charge is 0.345 e. The van der Waals surface area contributed by atoms with Gasteiger partial charge in [-0.2, -0.15) is 0 Å². The van der Waals surface area contributed by atoms with Gasteiger partial charge in [0.05, 0.1) is 16.6 Å². The maximum Gasteiger partial charge on any atom is 0.262 e.